The highest BCUT2D eigenvalue weighted by molar-refractivity contribution is 8.26. The lowest BCUT2D eigenvalue weighted by atomic mass is 10.1. The molecule has 0 saturated carbocycles. The van der Waals surface area contributed by atoms with Gasteiger partial charge in [0, 0.05) is 16.7 Å². The van der Waals surface area contributed by atoms with Crippen molar-refractivity contribution in [1.82, 2.24) is 4.90 Å². The van der Waals surface area contributed by atoms with E-state index in [1.54, 1.807) is 60.7 Å². The van der Waals surface area contributed by atoms with Crippen LogP contribution in [0, 0.1) is 0 Å². The minimum absolute atomic E-state index is 0.164. The van der Waals surface area contributed by atoms with Crippen LogP contribution in [0.5, 0.6) is 0 Å². The molecule has 1 N–H and O–H groups in total. The van der Waals surface area contributed by atoms with Crippen LogP contribution in [0.25, 0.3) is 17.4 Å². The summed E-state index contributed by atoms with van der Waals surface area (Å²) in [5.74, 6) is -0.773. The molecular formula is C22H13Cl2NO4S2. The van der Waals surface area contributed by atoms with E-state index in [2.05, 4.69) is 0 Å². The van der Waals surface area contributed by atoms with Crippen LogP contribution in [0.15, 0.2) is 70.0 Å². The van der Waals surface area contributed by atoms with Gasteiger partial charge in [-0.3, -0.25) is 9.69 Å². The molecule has 2 heterocycles. The highest BCUT2D eigenvalue weighted by Gasteiger charge is 2.41. The summed E-state index contributed by atoms with van der Waals surface area (Å²) in [5, 5.41) is 10.7. The molecule has 3 aromatic rings. The molecule has 0 aliphatic carbocycles. The maximum atomic E-state index is 13.0. The van der Waals surface area contributed by atoms with E-state index in [1.807, 2.05) is 0 Å². The van der Waals surface area contributed by atoms with Crippen molar-refractivity contribution in [2.45, 2.75) is 6.04 Å². The number of thioether (sulfide) groups is 1. The summed E-state index contributed by atoms with van der Waals surface area (Å²) in [7, 11) is 0. The Hall–Kier alpha value is -2.58. The standard InChI is InChI=1S/C22H13Cl2NO4S2/c23-13-6-8-16(24)15(10-13)17-9-7-14(29-17)11-18-20(26)25(22(30)31-18)19(21(27)28)12-4-2-1-3-5-12/h1-11,19H,(H,27,28)/b18-11-. The lowest BCUT2D eigenvalue weighted by Crippen LogP contribution is -2.37. The predicted molar refractivity (Wildman–Crippen MR) is 126 cm³/mol. The van der Waals surface area contributed by atoms with Gasteiger partial charge in [-0.25, -0.2) is 4.79 Å². The van der Waals surface area contributed by atoms with Gasteiger partial charge >= 0.3 is 5.97 Å². The molecule has 1 aliphatic rings. The summed E-state index contributed by atoms with van der Waals surface area (Å²) in [6.45, 7) is 0. The Balaban J connectivity index is 1.64. The fourth-order valence-corrected chi connectivity index (χ4v) is 4.81. The Bertz CT molecular complexity index is 1220. The van der Waals surface area contributed by atoms with Crippen molar-refractivity contribution < 1.29 is 19.1 Å². The summed E-state index contributed by atoms with van der Waals surface area (Å²) in [6.07, 6.45) is 1.53. The number of carbonyl (C=O) groups is 2. The van der Waals surface area contributed by atoms with Crippen LogP contribution >= 0.6 is 47.2 Å². The van der Waals surface area contributed by atoms with Crippen LogP contribution in [0.3, 0.4) is 0 Å². The lowest BCUT2D eigenvalue weighted by molar-refractivity contribution is -0.145. The van der Waals surface area contributed by atoms with Gasteiger partial charge in [0.1, 0.15) is 15.8 Å². The summed E-state index contributed by atoms with van der Waals surface area (Å²) in [4.78, 5) is 26.3. The zero-order valence-electron chi connectivity index (χ0n) is 15.6. The average molecular weight is 490 g/mol. The first-order valence-electron chi connectivity index (χ1n) is 8.95. The molecule has 1 fully saturated rings. The summed E-state index contributed by atoms with van der Waals surface area (Å²) in [5.41, 5.74) is 1.08. The molecule has 9 heteroatoms. The average Bonchev–Trinajstić information content (AvgIpc) is 3.31. The fraction of sp³-hybridized carbons (Fsp3) is 0.0455. The Labute approximate surface area is 197 Å². The van der Waals surface area contributed by atoms with E-state index in [-0.39, 0.29) is 9.23 Å². The molecule has 1 atom stereocenters. The fourth-order valence-electron chi connectivity index (χ4n) is 3.13. The van der Waals surface area contributed by atoms with Crippen molar-refractivity contribution in [3.05, 3.63) is 86.9 Å². The molecule has 156 valence electrons. The third-order valence-corrected chi connectivity index (χ3v) is 6.42. The first-order valence-corrected chi connectivity index (χ1v) is 10.9. The van der Waals surface area contributed by atoms with Crippen molar-refractivity contribution >= 4 is 69.5 Å². The SMILES string of the molecule is O=C(O)C(c1ccccc1)N1C(=O)/C(=C/c2ccc(-c3cc(Cl)ccc3Cl)o2)SC1=S. The first-order chi connectivity index (χ1) is 14.8. The van der Waals surface area contributed by atoms with Gasteiger partial charge in [-0.1, -0.05) is 77.5 Å². The number of nitrogens with zero attached hydrogens (tertiary/aromatic N) is 1. The van der Waals surface area contributed by atoms with E-state index in [4.69, 9.17) is 39.8 Å². The molecular weight excluding hydrogens is 477 g/mol. The molecule has 1 saturated heterocycles. The minimum Gasteiger partial charge on any atom is -0.479 e. The van der Waals surface area contributed by atoms with Gasteiger partial charge < -0.3 is 9.52 Å². The lowest BCUT2D eigenvalue weighted by Gasteiger charge is -2.23. The van der Waals surface area contributed by atoms with E-state index < -0.39 is 17.9 Å². The number of carbonyl (C=O) groups excluding carboxylic acids is 1. The largest absolute Gasteiger partial charge is 0.479 e. The van der Waals surface area contributed by atoms with E-state index in [1.165, 1.54) is 6.08 Å². The van der Waals surface area contributed by atoms with Crippen molar-refractivity contribution in [2.75, 3.05) is 0 Å². The number of thiocarbonyl (C=S) groups is 1. The Kier molecular flexibility index (Phi) is 6.20. The van der Waals surface area contributed by atoms with Crippen LogP contribution in [0.2, 0.25) is 10.0 Å². The first kappa shape index (κ1) is 21.6. The molecule has 0 spiro atoms. The van der Waals surface area contributed by atoms with Crippen molar-refractivity contribution in [2.24, 2.45) is 0 Å². The van der Waals surface area contributed by atoms with Crippen LogP contribution < -0.4 is 0 Å². The zero-order chi connectivity index (χ0) is 22.1. The number of hydrogen-bond acceptors (Lipinski definition) is 5. The van der Waals surface area contributed by atoms with E-state index in [9.17, 15) is 14.7 Å². The second kappa shape index (κ2) is 8.88. The molecule has 1 aliphatic heterocycles. The third kappa shape index (κ3) is 4.41. The van der Waals surface area contributed by atoms with Crippen molar-refractivity contribution in [1.29, 1.82) is 0 Å². The Morgan fingerprint density at radius 2 is 1.87 bits per heavy atom. The monoisotopic (exact) mass is 489 g/mol. The topological polar surface area (TPSA) is 70.8 Å². The maximum absolute atomic E-state index is 13.0. The molecule has 31 heavy (non-hydrogen) atoms. The quantitative estimate of drug-likeness (QED) is 0.335. The number of aliphatic carboxylic acids is 1. The normalized spacial score (nSPS) is 16.2. The molecule has 0 radical (unpaired) electrons. The van der Waals surface area contributed by atoms with Crippen LogP contribution in [0.4, 0.5) is 0 Å². The second-order valence-corrected chi connectivity index (χ2v) is 9.05. The number of carboxylic acids is 1. The van der Waals surface area contributed by atoms with Crippen LogP contribution in [0.1, 0.15) is 17.4 Å². The van der Waals surface area contributed by atoms with Crippen LogP contribution in [-0.2, 0) is 9.59 Å². The molecule has 2 aromatic carbocycles. The van der Waals surface area contributed by atoms with Gasteiger partial charge in [0.25, 0.3) is 5.91 Å². The Morgan fingerprint density at radius 3 is 2.58 bits per heavy atom. The summed E-state index contributed by atoms with van der Waals surface area (Å²) >= 11 is 18.6. The highest BCUT2D eigenvalue weighted by atomic mass is 35.5. The molecule has 4 rings (SSSR count). The number of rotatable bonds is 5. The number of carboxylic acid groups (broad SMARTS) is 1. The highest BCUT2D eigenvalue weighted by Crippen LogP contribution is 2.39. The van der Waals surface area contributed by atoms with Gasteiger partial charge in [-0.2, -0.15) is 0 Å². The maximum Gasteiger partial charge on any atom is 0.331 e. The zero-order valence-corrected chi connectivity index (χ0v) is 18.8. The van der Waals surface area contributed by atoms with Gasteiger partial charge in [0.2, 0.25) is 0 Å². The molecule has 1 amide bonds. The molecule has 0 bridgehead atoms. The van der Waals surface area contributed by atoms with Crippen molar-refractivity contribution in [3.63, 3.8) is 0 Å². The number of hydrogen-bond donors (Lipinski definition) is 1. The number of amides is 1. The summed E-state index contributed by atoms with van der Waals surface area (Å²) in [6, 6.07) is 15.7. The predicted octanol–water partition coefficient (Wildman–Crippen LogP) is 6.28. The smallest absolute Gasteiger partial charge is 0.331 e. The van der Waals surface area contributed by atoms with E-state index >= 15 is 0 Å². The summed E-state index contributed by atoms with van der Waals surface area (Å²) < 4.78 is 5.98. The number of benzene rings is 2. The van der Waals surface area contributed by atoms with Crippen molar-refractivity contribution in [3.8, 4) is 11.3 Å². The minimum atomic E-state index is -1.21. The van der Waals surface area contributed by atoms with Gasteiger partial charge in [-0.05, 0) is 35.9 Å². The second-order valence-electron chi connectivity index (χ2n) is 6.53. The molecule has 5 nitrogen and oxygen atoms in total. The third-order valence-electron chi connectivity index (χ3n) is 4.52. The molecule has 1 aromatic heterocycles. The number of halogens is 2. The Morgan fingerprint density at radius 1 is 1.13 bits per heavy atom. The van der Waals surface area contributed by atoms with Gasteiger partial charge in [-0.15, -0.1) is 0 Å². The van der Waals surface area contributed by atoms with Gasteiger partial charge in [0.15, 0.2) is 6.04 Å². The van der Waals surface area contributed by atoms with Crippen LogP contribution in [-0.4, -0.2) is 26.2 Å². The van der Waals surface area contributed by atoms with E-state index in [0.717, 1.165) is 16.7 Å². The van der Waals surface area contributed by atoms with Gasteiger partial charge in [0.05, 0.1) is 9.93 Å². The number of furan rings is 1. The van der Waals surface area contributed by atoms with E-state index in [0.29, 0.717) is 32.7 Å². The molecule has 1 unspecified atom stereocenters.